The van der Waals surface area contributed by atoms with Crippen molar-refractivity contribution in [3.8, 4) is 11.5 Å². The van der Waals surface area contributed by atoms with Gasteiger partial charge in [-0.05, 0) is 50.3 Å². The standard InChI is InChI=1S/C16H24N2O2/c1-17-9-8-14-15(19)6-5-7-16(14)20-13-12-18-10-3-2-4-11-18/h5-9,17,19H,2-4,10-13H2,1H3/b9-8-. The normalized spacial score (nSPS) is 16.4. The molecule has 0 atom stereocenters. The van der Waals surface area contributed by atoms with Crippen molar-refractivity contribution in [2.24, 2.45) is 0 Å². The number of rotatable bonds is 6. The summed E-state index contributed by atoms with van der Waals surface area (Å²) in [5, 5.41) is 12.8. The molecular weight excluding hydrogens is 252 g/mol. The zero-order chi connectivity index (χ0) is 14.2. The van der Waals surface area contributed by atoms with Gasteiger partial charge < -0.3 is 15.2 Å². The van der Waals surface area contributed by atoms with Crippen LogP contribution in [0.4, 0.5) is 0 Å². The molecule has 0 radical (unpaired) electrons. The summed E-state index contributed by atoms with van der Waals surface area (Å²) in [6.45, 7) is 3.96. The molecule has 0 aromatic heterocycles. The van der Waals surface area contributed by atoms with Crippen LogP contribution in [0.1, 0.15) is 24.8 Å². The van der Waals surface area contributed by atoms with Crippen LogP contribution in [0.5, 0.6) is 11.5 Å². The van der Waals surface area contributed by atoms with Crippen molar-refractivity contribution in [1.82, 2.24) is 10.2 Å². The lowest BCUT2D eigenvalue weighted by Crippen LogP contribution is -2.33. The van der Waals surface area contributed by atoms with Gasteiger partial charge >= 0.3 is 0 Å². The molecule has 4 heteroatoms. The van der Waals surface area contributed by atoms with Crippen LogP contribution < -0.4 is 10.1 Å². The number of phenolic OH excluding ortho intramolecular Hbond substituents is 1. The molecule has 2 rings (SSSR count). The van der Waals surface area contributed by atoms with Crippen LogP contribution in [0.25, 0.3) is 6.08 Å². The molecule has 1 aliphatic heterocycles. The third kappa shape index (κ3) is 4.17. The lowest BCUT2D eigenvalue weighted by atomic mass is 10.1. The molecule has 1 saturated heterocycles. The number of hydrogen-bond acceptors (Lipinski definition) is 4. The zero-order valence-electron chi connectivity index (χ0n) is 12.1. The second-order valence-electron chi connectivity index (χ2n) is 5.06. The SMILES string of the molecule is CN/C=C\c1c(O)cccc1OCCN1CCCCC1. The quantitative estimate of drug-likeness (QED) is 0.837. The summed E-state index contributed by atoms with van der Waals surface area (Å²) in [4.78, 5) is 2.44. The van der Waals surface area contributed by atoms with Crippen LogP contribution >= 0.6 is 0 Å². The molecule has 1 aromatic carbocycles. The monoisotopic (exact) mass is 276 g/mol. The van der Waals surface area contributed by atoms with E-state index in [0.29, 0.717) is 6.61 Å². The van der Waals surface area contributed by atoms with Crippen molar-refractivity contribution in [3.63, 3.8) is 0 Å². The van der Waals surface area contributed by atoms with E-state index in [1.807, 2.05) is 25.3 Å². The Kier molecular flexibility index (Phi) is 5.74. The minimum atomic E-state index is 0.243. The van der Waals surface area contributed by atoms with Crippen LogP contribution in [-0.2, 0) is 0 Å². The first-order chi connectivity index (χ1) is 9.81. The molecule has 1 heterocycles. The Morgan fingerprint density at radius 2 is 2.10 bits per heavy atom. The highest BCUT2D eigenvalue weighted by molar-refractivity contribution is 5.63. The molecule has 2 N–H and O–H groups in total. The largest absolute Gasteiger partial charge is 0.507 e. The second kappa shape index (κ2) is 7.80. The maximum absolute atomic E-state index is 9.90. The fraction of sp³-hybridized carbons (Fsp3) is 0.500. The van der Waals surface area contributed by atoms with Gasteiger partial charge in [-0.25, -0.2) is 0 Å². The number of ether oxygens (including phenoxy) is 1. The first kappa shape index (κ1) is 14.7. The Bertz CT molecular complexity index is 440. The van der Waals surface area contributed by atoms with E-state index in [9.17, 15) is 5.11 Å². The summed E-state index contributed by atoms with van der Waals surface area (Å²) in [6, 6.07) is 5.38. The Balaban J connectivity index is 1.91. The Labute approximate surface area is 121 Å². The highest BCUT2D eigenvalue weighted by Crippen LogP contribution is 2.28. The van der Waals surface area contributed by atoms with E-state index in [1.54, 1.807) is 12.3 Å². The molecule has 20 heavy (non-hydrogen) atoms. The van der Waals surface area contributed by atoms with Gasteiger partial charge in [-0.1, -0.05) is 12.5 Å². The molecule has 0 amide bonds. The number of aromatic hydroxyl groups is 1. The second-order valence-corrected chi connectivity index (χ2v) is 5.06. The van der Waals surface area contributed by atoms with Crippen molar-refractivity contribution in [2.45, 2.75) is 19.3 Å². The van der Waals surface area contributed by atoms with Crippen LogP contribution in [0, 0.1) is 0 Å². The molecule has 0 unspecified atom stereocenters. The average molecular weight is 276 g/mol. The fourth-order valence-electron chi connectivity index (χ4n) is 2.46. The van der Waals surface area contributed by atoms with Gasteiger partial charge in [-0.2, -0.15) is 0 Å². The number of phenols is 1. The summed E-state index contributed by atoms with van der Waals surface area (Å²) in [7, 11) is 1.83. The maximum atomic E-state index is 9.90. The van der Waals surface area contributed by atoms with E-state index in [1.165, 1.54) is 32.4 Å². The van der Waals surface area contributed by atoms with Crippen molar-refractivity contribution >= 4 is 6.08 Å². The average Bonchev–Trinajstić information content (AvgIpc) is 2.48. The number of hydrogen-bond donors (Lipinski definition) is 2. The van der Waals surface area contributed by atoms with Gasteiger partial charge in [0.05, 0.1) is 5.56 Å². The van der Waals surface area contributed by atoms with Gasteiger partial charge in [0.15, 0.2) is 0 Å². The summed E-state index contributed by atoms with van der Waals surface area (Å²) in [5.74, 6) is 0.973. The highest BCUT2D eigenvalue weighted by atomic mass is 16.5. The summed E-state index contributed by atoms with van der Waals surface area (Å²) in [5.41, 5.74) is 0.723. The van der Waals surface area contributed by atoms with Gasteiger partial charge in [0, 0.05) is 13.6 Å². The van der Waals surface area contributed by atoms with E-state index in [0.717, 1.165) is 17.9 Å². The Hall–Kier alpha value is -1.68. The Morgan fingerprint density at radius 3 is 2.85 bits per heavy atom. The third-order valence-corrected chi connectivity index (χ3v) is 3.57. The number of piperidine rings is 1. The van der Waals surface area contributed by atoms with Gasteiger partial charge in [-0.15, -0.1) is 0 Å². The van der Waals surface area contributed by atoms with Crippen molar-refractivity contribution in [3.05, 3.63) is 30.0 Å². The summed E-state index contributed by atoms with van der Waals surface area (Å²) < 4.78 is 5.84. The van der Waals surface area contributed by atoms with Crippen LogP contribution in [0.3, 0.4) is 0 Å². The van der Waals surface area contributed by atoms with Gasteiger partial charge in [0.25, 0.3) is 0 Å². The van der Waals surface area contributed by atoms with Gasteiger partial charge in [-0.3, -0.25) is 4.90 Å². The zero-order valence-corrected chi connectivity index (χ0v) is 12.1. The predicted octanol–water partition coefficient (Wildman–Crippen LogP) is 2.45. The van der Waals surface area contributed by atoms with Crippen molar-refractivity contribution in [2.75, 3.05) is 33.3 Å². The molecule has 1 aliphatic rings. The molecule has 0 bridgehead atoms. The van der Waals surface area contributed by atoms with E-state index in [4.69, 9.17) is 4.74 Å². The van der Waals surface area contributed by atoms with Crippen LogP contribution in [-0.4, -0.2) is 43.3 Å². The molecule has 110 valence electrons. The van der Waals surface area contributed by atoms with Crippen molar-refractivity contribution < 1.29 is 9.84 Å². The third-order valence-electron chi connectivity index (χ3n) is 3.57. The van der Waals surface area contributed by atoms with E-state index >= 15 is 0 Å². The summed E-state index contributed by atoms with van der Waals surface area (Å²) in [6.07, 6.45) is 7.55. The molecule has 0 spiro atoms. The smallest absolute Gasteiger partial charge is 0.130 e. The van der Waals surface area contributed by atoms with E-state index in [-0.39, 0.29) is 5.75 Å². The van der Waals surface area contributed by atoms with Crippen LogP contribution in [0.15, 0.2) is 24.4 Å². The minimum absolute atomic E-state index is 0.243. The molecule has 4 nitrogen and oxygen atoms in total. The molecule has 0 saturated carbocycles. The minimum Gasteiger partial charge on any atom is -0.507 e. The molecule has 1 aromatic rings. The first-order valence-corrected chi connectivity index (χ1v) is 7.32. The number of nitrogens with zero attached hydrogens (tertiary/aromatic N) is 1. The van der Waals surface area contributed by atoms with Crippen LogP contribution in [0.2, 0.25) is 0 Å². The highest BCUT2D eigenvalue weighted by Gasteiger charge is 2.10. The maximum Gasteiger partial charge on any atom is 0.130 e. The number of benzene rings is 1. The van der Waals surface area contributed by atoms with E-state index in [2.05, 4.69) is 10.2 Å². The topological polar surface area (TPSA) is 44.7 Å². The molecule has 1 fully saturated rings. The first-order valence-electron chi connectivity index (χ1n) is 7.32. The lowest BCUT2D eigenvalue weighted by molar-refractivity contribution is 0.183. The Morgan fingerprint density at radius 1 is 1.30 bits per heavy atom. The molecule has 0 aliphatic carbocycles. The number of likely N-dealkylation sites (tertiary alicyclic amines) is 1. The number of nitrogens with one attached hydrogen (secondary N) is 1. The molecular formula is C16H24N2O2. The van der Waals surface area contributed by atoms with Gasteiger partial charge in [0.1, 0.15) is 18.1 Å². The van der Waals surface area contributed by atoms with Gasteiger partial charge in [0.2, 0.25) is 0 Å². The lowest BCUT2D eigenvalue weighted by Gasteiger charge is -2.26. The predicted molar refractivity (Wildman–Crippen MR) is 82.0 cm³/mol. The van der Waals surface area contributed by atoms with Crippen molar-refractivity contribution in [1.29, 1.82) is 0 Å². The van der Waals surface area contributed by atoms with E-state index < -0.39 is 0 Å². The summed E-state index contributed by atoms with van der Waals surface area (Å²) >= 11 is 0. The fourth-order valence-corrected chi connectivity index (χ4v) is 2.46.